The van der Waals surface area contributed by atoms with Gasteiger partial charge in [0.25, 0.3) is 0 Å². The lowest BCUT2D eigenvalue weighted by atomic mass is 9.85. The number of rotatable bonds is 3. The number of hydrogen-bond acceptors (Lipinski definition) is 5. The molecule has 2 aromatic rings. The number of carbonyl (C=O) groups is 1. The van der Waals surface area contributed by atoms with Gasteiger partial charge < -0.3 is 5.32 Å². The van der Waals surface area contributed by atoms with Crippen LogP contribution in [0.2, 0.25) is 0 Å². The Kier molecular flexibility index (Phi) is 2.54. The lowest BCUT2D eigenvalue weighted by molar-refractivity contribution is -0.127. The van der Waals surface area contributed by atoms with E-state index in [9.17, 15) is 4.79 Å². The molecule has 1 saturated carbocycles. The van der Waals surface area contributed by atoms with E-state index in [1.54, 1.807) is 4.52 Å². The van der Waals surface area contributed by atoms with Crippen molar-refractivity contribution in [1.29, 1.82) is 0 Å². The minimum atomic E-state index is 0.152. The van der Waals surface area contributed by atoms with Gasteiger partial charge in [0, 0.05) is 5.92 Å². The second-order valence-electron chi connectivity index (χ2n) is 4.28. The van der Waals surface area contributed by atoms with Crippen LogP contribution in [0.15, 0.2) is 0 Å². The van der Waals surface area contributed by atoms with E-state index in [4.69, 9.17) is 0 Å². The molecule has 17 heavy (non-hydrogen) atoms. The highest BCUT2D eigenvalue weighted by molar-refractivity contribution is 7.16. The summed E-state index contributed by atoms with van der Waals surface area (Å²) >= 11 is 1.46. The van der Waals surface area contributed by atoms with Gasteiger partial charge in [0.1, 0.15) is 5.01 Å². The number of aromatic nitrogens is 4. The average Bonchev–Trinajstić information content (AvgIpc) is 2.76. The maximum Gasteiger partial charge on any atom is 0.234 e. The summed E-state index contributed by atoms with van der Waals surface area (Å²) in [7, 11) is 0. The van der Waals surface area contributed by atoms with Crippen LogP contribution < -0.4 is 5.32 Å². The predicted molar refractivity (Wildman–Crippen MR) is 62.6 cm³/mol. The smallest absolute Gasteiger partial charge is 0.234 e. The van der Waals surface area contributed by atoms with E-state index in [2.05, 4.69) is 20.6 Å². The summed E-state index contributed by atoms with van der Waals surface area (Å²) in [6.45, 7) is 2.35. The molecule has 1 aliphatic carbocycles. The van der Waals surface area contributed by atoms with E-state index in [0.717, 1.165) is 28.6 Å². The summed E-state index contributed by atoms with van der Waals surface area (Å²) in [5, 5.41) is 16.0. The molecule has 1 aliphatic rings. The Balaban J connectivity index is 1.66. The van der Waals surface area contributed by atoms with Crippen molar-refractivity contribution in [3.63, 3.8) is 0 Å². The monoisotopic (exact) mass is 251 g/mol. The predicted octanol–water partition coefficient (Wildman–Crippen LogP) is 0.911. The maximum atomic E-state index is 11.7. The Bertz CT molecular complexity index is 556. The molecule has 0 bridgehead atoms. The quantitative estimate of drug-likeness (QED) is 0.880. The van der Waals surface area contributed by atoms with Crippen molar-refractivity contribution in [1.82, 2.24) is 25.1 Å². The van der Waals surface area contributed by atoms with Crippen LogP contribution in [0.5, 0.6) is 0 Å². The number of nitrogens with one attached hydrogen (secondary N) is 1. The molecule has 3 rings (SSSR count). The third-order valence-electron chi connectivity index (χ3n) is 3.08. The summed E-state index contributed by atoms with van der Waals surface area (Å²) in [5.74, 6) is 1.15. The third kappa shape index (κ3) is 1.90. The Hall–Kier alpha value is -1.50. The maximum absolute atomic E-state index is 11.7. The molecule has 0 aromatic carbocycles. The molecule has 2 heterocycles. The molecule has 1 amide bonds. The highest BCUT2D eigenvalue weighted by Gasteiger charge is 2.25. The normalized spacial score (nSPS) is 16.1. The van der Waals surface area contributed by atoms with Gasteiger partial charge in [-0.15, -0.1) is 10.2 Å². The number of nitrogens with zero attached hydrogens (tertiary/aromatic N) is 4. The fraction of sp³-hybridized carbons (Fsp3) is 0.600. The van der Waals surface area contributed by atoms with E-state index in [0.29, 0.717) is 6.54 Å². The first-order valence-corrected chi connectivity index (χ1v) is 6.51. The number of amides is 1. The van der Waals surface area contributed by atoms with Crippen molar-refractivity contribution >= 4 is 22.2 Å². The van der Waals surface area contributed by atoms with Crippen LogP contribution in [-0.4, -0.2) is 25.7 Å². The highest BCUT2D eigenvalue weighted by atomic mass is 32.1. The first kappa shape index (κ1) is 10.6. The Morgan fingerprint density at radius 3 is 3.00 bits per heavy atom. The number of fused-ring (bicyclic) bond motifs is 1. The summed E-state index contributed by atoms with van der Waals surface area (Å²) < 4.78 is 1.70. The van der Waals surface area contributed by atoms with Crippen LogP contribution in [0.3, 0.4) is 0 Å². The fourth-order valence-corrected chi connectivity index (χ4v) is 2.62. The minimum absolute atomic E-state index is 0.152. The van der Waals surface area contributed by atoms with Crippen LogP contribution in [-0.2, 0) is 11.3 Å². The van der Waals surface area contributed by atoms with Crippen molar-refractivity contribution in [3.8, 4) is 0 Å². The molecule has 0 radical (unpaired) electrons. The molecule has 1 N–H and O–H groups in total. The van der Waals surface area contributed by atoms with E-state index < -0.39 is 0 Å². The molecule has 90 valence electrons. The van der Waals surface area contributed by atoms with Crippen LogP contribution >= 0.6 is 11.3 Å². The van der Waals surface area contributed by atoms with Crippen molar-refractivity contribution in [2.75, 3.05) is 0 Å². The van der Waals surface area contributed by atoms with Crippen LogP contribution in [0.25, 0.3) is 4.96 Å². The standard InChI is InChI=1S/C10H13N5OS/c1-6-12-13-10-15(6)14-8(17-10)5-11-9(16)7-3-2-4-7/h7H,2-5H2,1H3,(H,11,16). The molecule has 1 fully saturated rings. The molecule has 0 unspecified atom stereocenters. The van der Waals surface area contributed by atoms with Crippen molar-refractivity contribution in [3.05, 3.63) is 10.8 Å². The molecule has 0 saturated heterocycles. The zero-order valence-corrected chi connectivity index (χ0v) is 10.3. The fourth-order valence-electron chi connectivity index (χ4n) is 1.80. The molecule has 2 aromatic heterocycles. The van der Waals surface area contributed by atoms with E-state index in [1.165, 1.54) is 17.8 Å². The summed E-state index contributed by atoms with van der Waals surface area (Å²) in [4.78, 5) is 12.4. The van der Waals surface area contributed by atoms with E-state index >= 15 is 0 Å². The molecule has 0 atom stereocenters. The first-order chi connectivity index (χ1) is 8.24. The molecular weight excluding hydrogens is 238 g/mol. The van der Waals surface area contributed by atoms with Gasteiger partial charge in [-0.25, -0.2) is 0 Å². The summed E-state index contributed by atoms with van der Waals surface area (Å²) in [6.07, 6.45) is 3.22. The van der Waals surface area contributed by atoms with Crippen molar-refractivity contribution in [2.24, 2.45) is 5.92 Å². The van der Waals surface area contributed by atoms with Gasteiger partial charge in [-0.2, -0.15) is 9.61 Å². The SMILES string of the molecule is Cc1nnc2sc(CNC(=O)C3CCC3)nn12. The van der Waals surface area contributed by atoms with E-state index in [1.807, 2.05) is 6.92 Å². The topological polar surface area (TPSA) is 72.2 Å². The van der Waals surface area contributed by atoms with Gasteiger partial charge in [0.05, 0.1) is 6.54 Å². The number of carbonyl (C=O) groups excluding carboxylic acids is 1. The van der Waals surface area contributed by atoms with E-state index in [-0.39, 0.29) is 11.8 Å². The first-order valence-electron chi connectivity index (χ1n) is 5.69. The van der Waals surface area contributed by atoms with Crippen LogP contribution in [0.4, 0.5) is 0 Å². The Morgan fingerprint density at radius 1 is 1.53 bits per heavy atom. The third-order valence-corrected chi connectivity index (χ3v) is 3.98. The largest absolute Gasteiger partial charge is 0.349 e. The van der Waals surface area contributed by atoms with Gasteiger partial charge in [0.15, 0.2) is 5.82 Å². The number of aryl methyl sites for hydroxylation is 1. The number of hydrogen-bond donors (Lipinski definition) is 1. The zero-order valence-electron chi connectivity index (χ0n) is 9.51. The minimum Gasteiger partial charge on any atom is -0.349 e. The lowest BCUT2D eigenvalue weighted by Gasteiger charge is -2.23. The molecule has 0 spiro atoms. The molecule has 0 aliphatic heterocycles. The van der Waals surface area contributed by atoms with Gasteiger partial charge in [-0.05, 0) is 19.8 Å². The average molecular weight is 251 g/mol. The molecule has 6 nitrogen and oxygen atoms in total. The van der Waals surface area contributed by atoms with Crippen molar-refractivity contribution < 1.29 is 4.79 Å². The second-order valence-corrected chi connectivity index (χ2v) is 5.32. The lowest BCUT2D eigenvalue weighted by Crippen LogP contribution is -2.33. The summed E-state index contributed by atoms with van der Waals surface area (Å²) in [6, 6.07) is 0. The van der Waals surface area contributed by atoms with Gasteiger partial charge >= 0.3 is 0 Å². The van der Waals surface area contributed by atoms with Crippen LogP contribution in [0.1, 0.15) is 30.1 Å². The summed E-state index contributed by atoms with van der Waals surface area (Å²) in [5.41, 5.74) is 0. The van der Waals surface area contributed by atoms with Gasteiger partial charge in [-0.3, -0.25) is 4.79 Å². The van der Waals surface area contributed by atoms with Crippen LogP contribution in [0, 0.1) is 12.8 Å². The van der Waals surface area contributed by atoms with Gasteiger partial charge in [0.2, 0.25) is 10.9 Å². The van der Waals surface area contributed by atoms with Crippen molar-refractivity contribution in [2.45, 2.75) is 32.7 Å². The second kappa shape index (κ2) is 4.06. The van der Waals surface area contributed by atoms with Gasteiger partial charge in [-0.1, -0.05) is 17.8 Å². The molecular formula is C10H13N5OS. The zero-order chi connectivity index (χ0) is 11.8. The molecule has 7 heteroatoms. The Labute approximate surface area is 102 Å². The highest BCUT2D eigenvalue weighted by Crippen LogP contribution is 2.26. The Morgan fingerprint density at radius 2 is 2.35 bits per heavy atom.